The Bertz CT molecular complexity index is 3100. The lowest BCUT2D eigenvalue weighted by molar-refractivity contribution is 0.714. The number of benzene rings is 6. The molecule has 6 aromatic carbocycles. The summed E-state index contributed by atoms with van der Waals surface area (Å²) in [5.74, 6) is 0. The smallest absolute Gasteiger partial charge is 0.0707 e. The largest absolute Gasteiger partial charge is 0.387 e. The molecule has 4 nitrogen and oxygen atoms in total. The first kappa shape index (κ1) is 34.1. The van der Waals surface area contributed by atoms with Crippen LogP contribution >= 0.6 is 11.3 Å². The zero-order valence-electron chi connectivity index (χ0n) is 31.6. The first-order chi connectivity index (χ1) is 28.8. The number of pyridine rings is 1. The van der Waals surface area contributed by atoms with E-state index in [1.807, 2.05) is 29.9 Å². The van der Waals surface area contributed by atoms with Gasteiger partial charge >= 0.3 is 0 Å². The average molecular weight is 763 g/mol. The fourth-order valence-corrected chi connectivity index (χ4v) is 10.00. The first-order valence-electron chi connectivity index (χ1n) is 19.8. The predicted molar refractivity (Wildman–Crippen MR) is 244 cm³/mol. The highest BCUT2D eigenvalue weighted by atomic mass is 32.1. The van der Waals surface area contributed by atoms with Gasteiger partial charge in [0, 0.05) is 61.6 Å². The Morgan fingerprint density at radius 2 is 1.29 bits per heavy atom. The molecule has 0 fully saturated rings. The first-order valence-corrected chi connectivity index (χ1v) is 20.6. The number of allylic oxidation sites excluding steroid dienone is 3. The molecule has 276 valence electrons. The second kappa shape index (κ2) is 14.4. The van der Waals surface area contributed by atoms with Crippen LogP contribution in [-0.4, -0.2) is 16.1 Å². The minimum absolute atomic E-state index is 0.00943. The Labute approximate surface area is 341 Å². The molecule has 11 rings (SSSR count). The zero-order chi connectivity index (χ0) is 38.4. The third-order valence-corrected chi connectivity index (χ3v) is 12.7. The number of rotatable bonds is 7. The molecule has 5 heteroatoms. The van der Waals surface area contributed by atoms with Gasteiger partial charge in [-0.05, 0) is 105 Å². The highest BCUT2D eigenvalue weighted by molar-refractivity contribution is 7.24. The quantitative estimate of drug-likeness (QED) is 0.170. The summed E-state index contributed by atoms with van der Waals surface area (Å²) in [6, 6.07) is 57.3. The monoisotopic (exact) mass is 762 g/mol. The van der Waals surface area contributed by atoms with Crippen molar-refractivity contribution in [2.45, 2.75) is 6.04 Å². The number of nitrogens with one attached hydrogen (secondary N) is 2. The van der Waals surface area contributed by atoms with Crippen LogP contribution in [0.2, 0.25) is 0 Å². The van der Waals surface area contributed by atoms with E-state index in [2.05, 4.69) is 202 Å². The van der Waals surface area contributed by atoms with Crippen molar-refractivity contribution in [1.82, 2.24) is 20.2 Å². The molecule has 5 heterocycles. The van der Waals surface area contributed by atoms with E-state index in [0.717, 1.165) is 23.5 Å². The van der Waals surface area contributed by atoms with E-state index in [9.17, 15) is 0 Å². The molecule has 0 saturated heterocycles. The summed E-state index contributed by atoms with van der Waals surface area (Å²) in [6.45, 7) is 0.807. The van der Waals surface area contributed by atoms with Crippen LogP contribution in [0.5, 0.6) is 0 Å². The van der Waals surface area contributed by atoms with Crippen molar-refractivity contribution in [1.29, 1.82) is 0 Å². The van der Waals surface area contributed by atoms with Gasteiger partial charge in [-0.1, -0.05) is 127 Å². The summed E-state index contributed by atoms with van der Waals surface area (Å²) < 4.78 is 3.76. The van der Waals surface area contributed by atoms with E-state index in [0.29, 0.717) is 0 Å². The molecule has 58 heavy (non-hydrogen) atoms. The van der Waals surface area contributed by atoms with Gasteiger partial charge in [0.1, 0.15) is 0 Å². The molecule has 9 aromatic rings. The van der Waals surface area contributed by atoms with E-state index in [1.165, 1.54) is 81.3 Å². The van der Waals surface area contributed by atoms with Crippen LogP contribution in [0.15, 0.2) is 212 Å². The van der Waals surface area contributed by atoms with Crippen LogP contribution in [0.1, 0.15) is 17.2 Å². The number of hydrogen-bond acceptors (Lipinski definition) is 4. The van der Waals surface area contributed by atoms with Gasteiger partial charge in [-0.25, -0.2) is 0 Å². The van der Waals surface area contributed by atoms with E-state index >= 15 is 0 Å². The average Bonchev–Trinajstić information content (AvgIpc) is 3.87. The molecule has 0 radical (unpaired) electrons. The molecule has 1 atom stereocenters. The number of para-hydroxylation sites is 1. The van der Waals surface area contributed by atoms with Crippen LogP contribution in [-0.2, 0) is 0 Å². The lowest BCUT2D eigenvalue weighted by Gasteiger charge is -2.27. The highest BCUT2D eigenvalue weighted by Crippen LogP contribution is 2.49. The summed E-state index contributed by atoms with van der Waals surface area (Å²) in [4.78, 5) is 5.49. The summed E-state index contributed by atoms with van der Waals surface area (Å²) in [5, 5.41) is 11.0. The molecule has 2 aliphatic heterocycles. The Hall–Kier alpha value is -7.21. The molecule has 1 unspecified atom stereocenters. The Kier molecular flexibility index (Phi) is 8.45. The lowest BCUT2D eigenvalue weighted by Crippen LogP contribution is -2.24. The molecule has 2 aliphatic rings. The van der Waals surface area contributed by atoms with Gasteiger partial charge < -0.3 is 15.2 Å². The molecule has 0 amide bonds. The van der Waals surface area contributed by atoms with Gasteiger partial charge in [-0.3, -0.25) is 4.98 Å². The predicted octanol–water partition coefficient (Wildman–Crippen LogP) is 13.0. The molecule has 0 spiro atoms. The molecule has 0 aliphatic carbocycles. The van der Waals surface area contributed by atoms with Crippen molar-refractivity contribution in [2.75, 3.05) is 6.54 Å². The number of hydrogen-bond donors (Lipinski definition) is 2. The molecule has 2 N–H and O–H groups in total. The Balaban J connectivity index is 1.01. The number of fused-ring (bicyclic) bond motifs is 5. The van der Waals surface area contributed by atoms with Gasteiger partial charge in [0.15, 0.2) is 0 Å². The Morgan fingerprint density at radius 1 is 0.586 bits per heavy atom. The second-order valence-electron chi connectivity index (χ2n) is 14.8. The van der Waals surface area contributed by atoms with Crippen molar-refractivity contribution >= 4 is 48.8 Å². The van der Waals surface area contributed by atoms with Crippen LogP contribution in [0.3, 0.4) is 0 Å². The molecule has 0 bridgehead atoms. The topological polar surface area (TPSA) is 41.9 Å². The summed E-state index contributed by atoms with van der Waals surface area (Å²) in [6.07, 6.45) is 14.7. The van der Waals surface area contributed by atoms with E-state index in [-0.39, 0.29) is 6.04 Å². The van der Waals surface area contributed by atoms with Crippen LogP contribution in [0.4, 0.5) is 0 Å². The van der Waals surface area contributed by atoms with Crippen molar-refractivity contribution in [2.24, 2.45) is 0 Å². The van der Waals surface area contributed by atoms with Crippen molar-refractivity contribution in [3.8, 4) is 38.4 Å². The summed E-state index contributed by atoms with van der Waals surface area (Å²) in [7, 11) is 0. The molecular formula is C53H38N4S. The lowest BCUT2D eigenvalue weighted by atomic mass is 9.92. The zero-order valence-corrected chi connectivity index (χ0v) is 32.5. The van der Waals surface area contributed by atoms with E-state index in [4.69, 9.17) is 0 Å². The minimum Gasteiger partial charge on any atom is -0.387 e. The van der Waals surface area contributed by atoms with Gasteiger partial charge in [0.2, 0.25) is 0 Å². The third kappa shape index (κ3) is 5.96. The Morgan fingerprint density at radius 3 is 2.05 bits per heavy atom. The fourth-order valence-electron chi connectivity index (χ4n) is 8.61. The molecule has 0 saturated carbocycles. The van der Waals surface area contributed by atoms with Gasteiger partial charge in [-0.15, -0.1) is 11.3 Å². The maximum Gasteiger partial charge on any atom is 0.0707 e. The maximum absolute atomic E-state index is 4.19. The SMILES string of the molecule is C1=CC(C2=CC(c3ccc(-c4ccncc4)cc3)=CC(c3ccc(-n4c5ccccc5c5c6sc(-c7ccccc7)c(-c7ccccc7)c6ccc54)cc3)N2)=CCN1. The van der Waals surface area contributed by atoms with Gasteiger partial charge in [-0.2, -0.15) is 0 Å². The summed E-state index contributed by atoms with van der Waals surface area (Å²) >= 11 is 1.91. The van der Waals surface area contributed by atoms with E-state index in [1.54, 1.807) is 0 Å². The maximum atomic E-state index is 4.19. The van der Waals surface area contributed by atoms with Gasteiger partial charge in [0.25, 0.3) is 0 Å². The van der Waals surface area contributed by atoms with Crippen molar-refractivity contribution in [3.05, 3.63) is 223 Å². The van der Waals surface area contributed by atoms with Crippen LogP contribution in [0, 0.1) is 0 Å². The standard InChI is InChI=1S/C53H38N4S/c1-3-9-40(10-4-1)50-45-23-24-49-51(53(45)58-52(50)41-11-5-2-6-12-41)44-13-7-8-14-48(44)57(49)43-21-19-38(20-22-43)46-33-42(34-47(56-46)39-27-31-55-32-28-39)36-17-15-35(16-18-36)37-25-29-54-30-26-37/h1-31,33-34,46,55-56H,32H2. The fraction of sp³-hybridized carbons (Fsp3) is 0.0377. The minimum atomic E-state index is -0.00943. The number of thiophene rings is 1. The number of dihydropyridines is 2. The van der Waals surface area contributed by atoms with Crippen LogP contribution < -0.4 is 10.6 Å². The normalized spacial score (nSPS) is 15.2. The second-order valence-corrected chi connectivity index (χ2v) is 15.9. The third-order valence-electron chi connectivity index (χ3n) is 11.4. The van der Waals surface area contributed by atoms with Crippen LogP contribution in [0.25, 0.3) is 75.8 Å². The number of aromatic nitrogens is 2. The summed E-state index contributed by atoms with van der Waals surface area (Å²) in [5.41, 5.74) is 15.6. The van der Waals surface area contributed by atoms with E-state index < -0.39 is 0 Å². The highest BCUT2D eigenvalue weighted by Gasteiger charge is 2.23. The van der Waals surface area contributed by atoms with Crippen molar-refractivity contribution in [3.63, 3.8) is 0 Å². The molecule has 3 aromatic heterocycles. The van der Waals surface area contributed by atoms with Gasteiger partial charge in [0.05, 0.1) is 17.1 Å². The number of nitrogens with zero attached hydrogens (tertiary/aromatic N) is 2. The molecular weight excluding hydrogens is 725 g/mol. The van der Waals surface area contributed by atoms with Crippen molar-refractivity contribution < 1.29 is 0 Å².